The van der Waals surface area contributed by atoms with Crippen molar-refractivity contribution in [3.8, 4) is 0 Å². The van der Waals surface area contributed by atoms with E-state index in [4.69, 9.17) is 0 Å². The number of nitrogens with zero attached hydrogens (tertiary/aromatic N) is 2. The molecule has 0 radical (unpaired) electrons. The summed E-state index contributed by atoms with van der Waals surface area (Å²) in [5.74, 6) is 0. The minimum absolute atomic E-state index is 0.290. The third-order valence-electron chi connectivity index (χ3n) is 4.02. The van der Waals surface area contributed by atoms with Crippen LogP contribution in [0.4, 0.5) is 0 Å². The van der Waals surface area contributed by atoms with Crippen LogP contribution >= 0.6 is 0 Å². The van der Waals surface area contributed by atoms with Crippen molar-refractivity contribution in [1.29, 1.82) is 0 Å². The van der Waals surface area contributed by atoms with Crippen molar-refractivity contribution in [3.63, 3.8) is 0 Å². The fourth-order valence-electron chi connectivity index (χ4n) is 2.62. The van der Waals surface area contributed by atoms with Gasteiger partial charge >= 0.3 is 0 Å². The van der Waals surface area contributed by atoms with Crippen LogP contribution in [0.5, 0.6) is 0 Å². The molecule has 2 N–H and O–H groups in total. The lowest BCUT2D eigenvalue weighted by Crippen LogP contribution is -2.18. The number of benzene rings is 1. The zero-order valence-corrected chi connectivity index (χ0v) is 12.1. The number of nitrogens with one attached hydrogen (secondary N) is 2. The highest BCUT2D eigenvalue weighted by Gasteiger charge is 2.12. The van der Waals surface area contributed by atoms with E-state index in [9.17, 15) is 0 Å². The van der Waals surface area contributed by atoms with Gasteiger partial charge in [-0.05, 0) is 31.5 Å². The molecule has 104 valence electrons. The van der Waals surface area contributed by atoms with Crippen molar-refractivity contribution in [1.82, 2.24) is 20.1 Å². The Labute approximate surface area is 118 Å². The van der Waals surface area contributed by atoms with E-state index < -0.39 is 0 Å². The van der Waals surface area contributed by atoms with E-state index in [-0.39, 0.29) is 6.04 Å². The first-order valence-electron chi connectivity index (χ1n) is 6.93. The number of fused-ring (bicyclic) bond motifs is 1. The summed E-state index contributed by atoms with van der Waals surface area (Å²) < 4.78 is 1.92. The average Bonchev–Trinajstić information content (AvgIpc) is 3.04. The van der Waals surface area contributed by atoms with E-state index in [1.807, 2.05) is 24.1 Å². The van der Waals surface area contributed by atoms with E-state index in [0.29, 0.717) is 0 Å². The van der Waals surface area contributed by atoms with Crippen LogP contribution in [0.1, 0.15) is 29.8 Å². The van der Waals surface area contributed by atoms with Crippen molar-refractivity contribution in [3.05, 3.63) is 53.5 Å². The summed E-state index contributed by atoms with van der Waals surface area (Å²) in [4.78, 5) is 3.25. The third-order valence-corrected chi connectivity index (χ3v) is 4.02. The Balaban J connectivity index is 1.76. The summed E-state index contributed by atoms with van der Waals surface area (Å²) in [7, 11) is 1.98. The van der Waals surface area contributed by atoms with E-state index >= 15 is 0 Å². The lowest BCUT2D eigenvalue weighted by Gasteiger charge is -2.14. The molecule has 4 heteroatoms. The molecule has 0 amide bonds. The fourth-order valence-corrected chi connectivity index (χ4v) is 2.62. The molecular weight excluding hydrogens is 248 g/mol. The molecule has 2 aromatic heterocycles. The van der Waals surface area contributed by atoms with Crippen molar-refractivity contribution in [2.24, 2.45) is 7.05 Å². The Hall–Kier alpha value is -2.07. The number of aryl methyl sites for hydroxylation is 1. The summed E-state index contributed by atoms with van der Waals surface area (Å²) >= 11 is 0. The Morgan fingerprint density at radius 2 is 2.20 bits per heavy atom. The van der Waals surface area contributed by atoms with Crippen LogP contribution in [-0.4, -0.2) is 14.8 Å². The molecule has 4 nitrogen and oxygen atoms in total. The molecule has 20 heavy (non-hydrogen) atoms. The molecule has 0 spiro atoms. The van der Waals surface area contributed by atoms with Crippen LogP contribution < -0.4 is 5.32 Å². The minimum atomic E-state index is 0.290. The third kappa shape index (κ3) is 2.23. The first-order chi connectivity index (χ1) is 9.66. The van der Waals surface area contributed by atoms with Crippen molar-refractivity contribution in [2.45, 2.75) is 26.4 Å². The molecule has 0 aliphatic rings. The van der Waals surface area contributed by atoms with Crippen LogP contribution in [0.2, 0.25) is 0 Å². The van der Waals surface area contributed by atoms with Gasteiger partial charge in [-0.15, -0.1) is 0 Å². The van der Waals surface area contributed by atoms with Gasteiger partial charge in [0.1, 0.15) is 0 Å². The molecule has 1 unspecified atom stereocenters. The number of rotatable bonds is 4. The molecule has 0 aliphatic carbocycles. The monoisotopic (exact) mass is 268 g/mol. The molecular formula is C16H20N4. The van der Waals surface area contributed by atoms with Crippen LogP contribution in [0.3, 0.4) is 0 Å². The minimum Gasteiger partial charge on any atom is -0.361 e. The Bertz CT molecular complexity index is 723. The van der Waals surface area contributed by atoms with Crippen molar-refractivity contribution >= 4 is 10.9 Å². The molecule has 0 saturated heterocycles. The van der Waals surface area contributed by atoms with Crippen LogP contribution in [-0.2, 0) is 13.6 Å². The maximum absolute atomic E-state index is 4.31. The van der Waals surface area contributed by atoms with Crippen LogP contribution in [0.15, 0.2) is 36.7 Å². The van der Waals surface area contributed by atoms with Gasteiger partial charge in [-0.2, -0.15) is 5.10 Å². The van der Waals surface area contributed by atoms with Gasteiger partial charge < -0.3 is 10.3 Å². The maximum Gasteiger partial charge on any atom is 0.0540 e. The summed E-state index contributed by atoms with van der Waals surface area (Å²) in [5.41, 5.74) is 4.98. The molecule has 0 saturated carbocycles. The predicted molar refractivity (Wildman–Crippen MR) is 81.5 cm³/mol. The lowest BCUT2D eigenvalue weighted by molar-refractivity contribution is 0.572. The van der Waals surface area contributed by atoms with Crippen LogP contribution in [0.25, 0.3) is 10.9 Å². The normalized spacial score (nSPS) is 12.9. The number of H-pyrrole nitrogens is 1. The van der Waals surface area contributed by atoms with Gasteiger partial charge in [-0.1, -0.05) is 12.1 Å². The predicted octanol–water partition coefficient (Wildman–Crippen LogP) is 3.06. The molecule has 1 atom stereocenters. The Morgan fingerprint density at radius 1 is 1.35 bits per heavy atom. The first kappa shape index (κ1) is 12.9. The van der Waals surface area contributed by atoms with Gasteiger partial charge in [-0.3, -0.25) is 4.68 Å². The molecule has 2 heterocycles. The molecule has 3 rings (SSSR count). The van der Waals surface area contributed by atoms with Gasteiger partial charge in [0.25, 0.3) is 0 Å². The first-order valence-corrected chi connectivity index (χ1v) is 6.93. The van der Waals surface area contributed by atoms with Gasteiger partial charge in [0, 0.05) is 48.0 Å². The Kier molecular flexibility index (Phi) is 3.32. The van der Waals surface area contributed by atoms with Gasteiger partial charge in [0.2, 0.25) is 0 Å². The van der Waals surface area contributed by atoms with Gasteiger partial charge in [0.05, 0.1) is 6.20 Å². The summed E-state index contributed by atoms with van der Waals surface area (Å²) in [6, 6.07) is 8.79. The highest BCUT2D eigenvalue weighted by molar-refractivity contribution is 5.82. The standard InChI is InChI=1S/C16H20N4/c1-11(15-10-19-20(3)12(15)2)18-9-13-5-4-6-16-14(13)7-8-17-16/h4-8,10-11,17-18H,9H2,1-3H3. The quantitative estimate of drug-likeness (QED) is 0.764. The second-order valence-corrected chi connectivity index (χ2v) is 5.27. The molecule has 3 aromatic rings. The molecule has 0 bridgehead atoms. The number of aromatic amines is 1. The van der Waals surface area contributed by atoms with Crippen LogP contribution in [0, 0.1) is 6.92 Å². The van der Waals surface area contributed by atoms with Crippen molar-refractivity contribution < 1.29 is 0 Å². The topological polar surface area (TPSA) is 45.6 Å². The Morgan fingerprint density at radius 3 is 2.95 bits per heavy atom. The average molecular weight is 268 g/mol. The molecule has 0 aliphatic heterocycles. The number of aromatic nitrogens is 3. The van der Waals surface area contributed by atoms with E-state index in [1.165, 1.54) is 27.7 Å². The number of hydrogen-bond acceptors (Lipinski definition) is 2. The molecule has 0 fully saturated rings. The highest BCUT2D eigenvalue weighted by atomic mass is 15.3. The fraction of sp³-hybridized carbons (Fsp3) is 0.312. The highest BCUT2D eigenvalue weighted by Crippen LogP contribution is 2.20. The second-order valence-electron chi connectivity index (χ2n) is 5.27. The maximum atomic E-state index is 4.31. The summed E-state index contributed by atoms with van der Waals surface area (Å²) in [6.07, 6.45) is 3.94. The smallest absolute Gasteiger partial charge is 0.0540 e. The zero-order valence-electron chi connectivity index (χ0n) is 12.1. The summed E-state index contributed by atoms with van der Waals surface area (Å²) in [5, 5.41) is 9.18. The van der Waals surface area contributed by atoms with E-state index in [1.54, 1.807) is 0 Å². The SMILES string of the molecule is Cc1c(C(C)NCc2cccc3[nH]ccc23)cnn1C. The summed E-state index contributed by atoms with van der Waals surface area (Å²) in [6.45, 7) is 5.14. The lowest BCUT2D eigenvalue weighted by atomic mass is 10.1. The van der Waals surface area contributed by atoms with Gasteiger partial charge in [0.15, 0.2) is 0 Å². The van der Waals surface area contributed by atoms with Gasteiger partial charge in [-0.25, -0.2) is 0 Å². The number of hydrogen-bond donors (Lipinski definition) is 2. The van der Waals surface area contributed by atoms with Crippen molar-refractivity contribution in [2.75, 3.05) is 0 Å². The van der Waals surface area contributed by atoms with E-state index in [2.05, 4.69) is 53.5 Å². The van der Waals surface area contributed by atoms with E-state index in [0.717, 1.165) is 6.54 Å². The molecule has 1 aromatic carbocycles. The largest absolute Gasteiger partial charge is 0.361 e. The zero-order chi connectivity index (χ0) is 14.1. The second kappa shape index (κ2) is 5.13.